The van der Waals surface area contributed by atoms with E-state index in [-0.39, 0.29) is 11.5 Å². The second-order valence-electron chi connectivity index (χ2n) is 3.90. The standard InChI is InChI=1S/C13H7N3O3S/c14-6-8-2-4-11(20-8)13-15-12(16-19-13)7-1-3-9(17)10(18)5-7/h1-5,17-18H. The monoisotopic (exact) mass is 285 g/mol. The first-order valence-electron chi connectivity index (χ1n) is 5.54. The van der Waals surface area contributed by atoms with Crippen LogP contribution >= 0.6 is 11.3 Å². The van der Waals surface area contributed by atoms with E-state index in [1.807, 2.05) is 6.07 Å². The average molecular weight is 285 g/mol. The van der Waals surface area contributed by atoms with Gasteiger partial charge in [0.15, 0.2) is 11.5 Å². The Labute approximate surface area is 117 Å². The first-order chi connectivity index (χ1) is 9.67. The molecule has 0 bridgehead atoms. The van der Waals surface area contributed by atoms with E-state index in [0.29, 0.717) is 27.0 Å². The largest absolute Gasteiger partial charge is 0.504 e. The Hall–Kier alpha value is -2.85. The molecule has 98 valence electrons. The van der Waals surface area contributed by atoms with Crippen LogP contribution in [0.5, 0.6) is 11.5 Å². The van der Waals surface area contributed by atoms with Crippen LogP contribution in [-0.2, 0) is 0 Å². The lowest BCUT2D eigenvalue weighted by molar-refractivity contribution is 0.404. The third-order valence-corrected chi connectivity index (χ3v) is 3.56. The number of benzene rings is 1. The van der Waals surface area contributed by atoms with Gasteiger partial charge in [0.25, 0.3) is 5.89 Å². The number of rotatable bonds is 2. The zero-order chi connectivity index (χ0) is 14.1. The number of aromatic hydroxyl groups is 2. The summed E-state index contributed by atoms with van der Waals surface area (Å²) >= 11 is 1.25. The fraction of sp³-hybridized carbons (Fsp3) is 0. The van der Waals surface area contributed by atoms with Crippen molar-refractivity contribution in [3.05, 3.63) is 35.2 Å². The molecule has 0 spiro atoms. The van der Waals surface area contributed by atoms with Crippen molar-refractivity contribution in [2.75, 3.05) is 0 Å². The molecule has 0 fully saturated rings. The third-order valence-electron chi connectivity index (χ3n) is 2.59. The number of phenolic OH excluding ortho intramolecular Hbond substituents is 2. The van der Waals surface area contributed by atoms with E-state index in [4.69, 9.17) is 9.78 Å². The maximum absolute atomic E-state index is 9.45. The van der Waals surface area contributed by atoms with Gasteiger partial charge in [0, 0.05) is 5.56 Å². The molecular formula is C13H7N3O3S. The molecule has 6 nitrogen and oxygen atoms in total. The van der Waals surface area contributed by atoms with Crippen molar-refractivity contribution in [2.45, 2.75) is 0 Å². The summed E-state index contributed by atoms with van der Waals surface area (Å²) in [7, 11) is 0. The van der Waals surface area contributed by atoms with Crippen molar-refractivity contribution in [3.63, 3.8) is 0 Å². The molecule has 0 radical (unpaired) electrons. The van der Waals surface area contributed by atoms with Gasteiger partial charge in [-0.15, -0.1) is 11.3 Å². The molecule has 0 atom stereocenters. The van der Waals surface area contributed by atoms with E-state index >= 15 is 0 Å². The molecule has 0 saturated carbocycles. The van der Waals surface area contributed by atoms with Crippen molar-refractivity contribution in [1.82, 2.24) is 10.1 Å². The molecule has 2 N–H and O–H groups in total. The fourth-order valence-electron chi connectivity index (χ4n) is 1.62. The highest BCUT2D eigenvalue weighted by Crippen LogP contribution is 2.31. The highest BCUT2D eigenvalue weighted by Gasteiger charge is 2.13. The first kappa shape index (κ1) is 12.2. The minimum atomic E-state index is -0.253. The van der Waals surface area contributed by atoms with Gasteiger partial charge >= 0.3 is 0 Å². The van der Waals surface area contributed by atoms with Crippen LogP contribution in [0.25, 0.3) is 22.2 Å². The number of aromatic nitrogens is 2. The summed E-state index contributed by atoms with van der Waals surface area (Å²) in [6.45, 7) is 0. The van der Waals surface area contributed by atoms with Crippen LogP contribution in [-0.4, -0.2) is 20.4 Å². The molecule has 0 aliphatic carbocycles. The number of nitrogens with zero attached hydrogens (tertiary/aromatic N) is 3. The summed E-state index contributed by atoms with van der Waals surface area (Å²) in [4.78, 5) is 5.45. The summed E-state index contributed by atoms with van der Waals surface area (Å²) in [5.74, 6) is 0.132. The topological polar surface area (TPSA) is 103 Å². The number of phenols is 2. The molecule has 2 heterocycles. The predicted molar refractivity (Wildman–Crippen MR) is 71.1 cm³/mol. The smallest absolute Gasteiger partial charge is 0.268 e. The lowest BCUT2D eigenvalue weighted by Gasteiger charge is -1.98. The normalized spacial score (nSPS) is 10.3. The first-order valence-corrected chi connectivity index (χ1v) is 6.35. The summed E-state index contributed by atoms with van der Waals surface area (Å²) < 4.78 is 5.13. The Kier molecular flexibility index (Phi) is 2.85. The van der Waals surface area contributed by atoms with Gasteiger partial charge in [-0.2, -0.15) is 10.2 Å². The Morgan fingerprint density at radius 1 is 1.15 bits per heavy atom. The quantitative estimate of drug-likeness (QED) is 0.702. The average Bonchev–Trinajstić information content (AvgIpc) is 3.09. The minimum Gasteiger partial charge on any atom is -0.504 e. The Morgan fingerprint density at radius 3 is 2.70 bits per heavy atom. The third kappa shape index (κ3) is 2.08. The number of thiophene rings is 1. The summed E-state index contributed by atoms with van der Waals surface area (Å²) in [5, 5.41) is 31.3. The molecule has 0 aliphatic rings. The second-order valence-corrected chi connectivity index (χ2v) is 4.99. The molecule has 3 aromatic rings. The van der Waals surface area contributed by atoms with Gasteiger partial charge < -0.3 is 14.7 Å². The van der Waals surface area contributed by atoms with Gasteiger partial charge in [-0.25, -0.2) is 0 Å². The summed E-state index contributed by atoms with van der Waals surface area (Å²) in [6, 6.07) is 9.71. The number of nitriles is 1. The van der Waals surface area contributed by atoms with Gasteiger partial charge in [-0.05, 0) is 30.3 Å². The fourth-order valence-corrected chi connectivity index (χ4v) is 2.34. The second kappa shape index (κ2) is 4.68. The molecule has 0 unspecified atom stereocenters. The van der Waals surface area contributed by atoms with E-state index in [9.17, 15) is 10.2 Å². The van der Waals surface area contributed by atoms with Gasteiger partial charge in [-0.1, -0.05) is 5.16 Å². The van der Waals surface area contributed by atoms with Crippen molar-refractivity contribution in [2.24, 2.45) is 0 Å². The lowest BCUT2D eigenvalue weighted by Crippen LogP contribution is -1.80. The van der Waals surface area contributed by atoms with Crippen molar-refractivity contribution >= 4 is 11.3 Å². The van der Waals surface area contributed by atoms with E-state index in [1.54, 1.807) is 18.2 Å². The van der Waals surface area contributed by atoms with Gasteiger partial charge in [-0.3, -0.25) is 0 Å². The van der Waals surface area contributed by atoms with E-state index in [0.717, 1.165) is 0 Å². The predicted octanol–water partition coefficient (Wildman–Crippen LogP) is 2.75. The molecule has 0 amide bonds. The highest BCUT2D eigenvalue weighted by atomic mass is 32.1. The number of hydrogen-bond acceptors (Lipinski definition) is 7. The van der Waals surface area contributed by atoms with Crippen LogP contribution in [0.3, 0.4) is 0 Å². The summed E-state index contributed by atoms with van der Waals surface area (Å²) in [5.41, 5.74) is 0.521. The van der Waals surface area contributed by atoms with Gasteiger partial charge in [0.2, 0.25) is 5.82 Å². The molecule has 20 heavy (non-hydrogen) atoms. The minimum absolute atomic E-state index is 0.214. The van der Waals surface area contributed by atoms with Crippen molar-refractivity contribution in [1.29, 1.82) is 5.26 Å². The van der Waals surface area contributed by atoms with Crippen LogP contribution in [0.15, 0.2) is 34.9 Å². The van der Waals surface area contributed by atoms with Crippen molar-refractivity contribution < 1.29 is 14.7 Å². The number of hydrogen-bond donors (Lipinski definition) is 2. The van der Waals surface area contributed by atoms with Crippen LogP contribution < -0.4 is 0 Å². The molecule has 3 rings (SSSR count). The Balaban J connectivity index is 1.97. The highest BCUT2D eigenvalue weighted by molar-refractivity contribution is 7.15. The molecule has 0 aliphatic heterocycles. The van der Waals surface area contributed by atoms with Crippen LogP contribution in [0.4, 0.5) is 0 Å². The maximum Gasteiger partial charge on any atom is 0.268 e. The van der Waals surface area contributed by atoms with Crippen LogP contribution in [0, 0.1) is 11.3 Å². The molecule has 0 saturated heterocycles. The van der Waals surface area contributed by atoms with E-state index in [2.05, 4.69) is 10.1 Å². The van der Waals surface area contributed by atoms with Crippen molar-refractivity contribution in [3.8, 4) is 39.7 Å². The Morgan fingerprint density at radius 2 is 2.00 bits per heavy atom. The van der Waals surface area contributed by atoms with E-state index < -0.39 is 0 Å². The molecule has 7 heteroatoms. The molecule has 1 aromatic carbocycles. The van der Waals surface area contributed by atoms with Crippen LogP contribution in [0.2, 0.25) is 0 Å². The zero-order valence-corrected chi connectivity index (χ0v) is 10.8. The van der Waals surface area contributed by atoms with Crippen LogP contribution in [0.1, 0.15) is 4.88 Å². The summed E-state index contributed by atoms with van der Waals surface area (Å²) in [6.07, 6.45) is 0. The van der Waals surface area contributed by atoms with Gasteiger partial charge in [0.1, 0.15) is 10.9 Å². The molecular weight excluding hydrogens is 278 g/mol. The maximum atomic E-state index is 9.45. The lowest BCUT2D eigenvalue weighted by atomic mass is 10.2. The Bertz CT molecular complexity index is 816. The zero-order valence-electron chi connectivity index (χ0n) is 9.94. The molecule has 2 aromatic heterocycles. The van der Waals surface area contributed by atoms with Gasteiger partial charge in [0.05, 0.1) is 4.88 Å². The SMILES string of the molecule is N#Cc1ccc(-c2nc(-c3ccc(O)c(O)c3)no2)s1. The van der Waals surface area contributed by atoms with E-state index in [1.165, 1.54) is 23.5 Å².